The Kier molecular flexibility index (Phi) is 7.43. The summed E-state index contributed by atoms with van der Waals surface area (Å²) < 4.78 is 85.5. The Morgan fingerprint density at radius 2 is 1.83 bits per heavy atom. The number of ether oxygens (including phenoxy) is 1. The number of fused-ring (bicyclic) bond motifs is 1. The molecule has 0 bridgehead atoms. The van der Waals surface area contributed by atoms with Crippen molar-refractivity contribution in [3.63, 3.8) is 0 Å². The normalized spacial score (nSPS) is 15.8. The number of rotatable bonds is 7. The van der Waals surface area contributed by atoms with Gasteiger partial charge in [0.1, 0.15) is 29.6 Å². The number of aromatic nitrogens is 1. The highest BCUT2D eigenvalue weighted by atomic mass is 19.4. The van der Waals surface area contributed by atoms with Gasteiger partial charge >= 0.3 is 6.18 Å². The molecular formula is C21H19F6N3O5. The summed E-state index contributed by atoms with van der Waals surface area (Å²) in [5.74, 6) is -7.48. The summed E-state index contributed by atoms with van der Waals surface area (Å²) in [7, 11) is 1.33. The van der Waals surface area contributed by atoms with E-state index in [9.17, 15) is 45.8 Å². The molecule has 0 aliphatic carbocycles. The lowest BCUT2D eigenvalue weighted by Crippen LogP contribution is -2.48. The minimum Gasteiger partial charge on any atom is -0.503 e. The summed E-state index contributed by atoms with van der Waals surface area (Å²) in [6.45, 7) is -2.83. The van der Waals surface area contributed by atoms with Crippen LogP contribution in [0.1, 0.15) is 38.9 Å². The van der Waals surface area contributed by atoms with Crippen LogP contribution in [0.25, 0.3) is 0 Å². The van der Waals surface area contributed by atoms with Gasteiger partial charge in [-0.2, -0.15) is 13.2 Å². The Hall–Kier alpha value is -3.55. The van der Waals surface area contributed by atoms with Gasteiger partial charge in [0.05, 0.1) is 6.04 Å². The summed E-state index contributed by atoms with van der Waals surface area (Å²) in [5.41, 5.74) is -3.54. The van der Waals surface area contributed by atoms with E-state index in [4.69, 9.17) is 4.74 Å². The number of pyridine rings is 1. The molecule has 2 heterocycles. The third kappa shape index (κ3) is 5.58. The van der Waals surface area contributed by atoms with Crippen molar-refractivity contribution in [3.05, 3.63) is 62.8 Å². The fourth-order valence-corrected chi connectivity index (χ4v) is 3.70. The molecule has 190 valence electrons. The van der Waals surface area contributed by atoms with Crippen molar-refractivity contribution in [3.8, 4) is 5.75 Å². The summed E-state index contributed by atoms with van der Waals surface area (Å²) >= 11 is 0. The maximum Gasteiger partial charge on any atom is 0.406 e. The number of alkyl halides is 3. The number of aromatic hydroxyl groups is 1. The Balaban J connectivity index is 1.97. The molecule has 1 atom stereocenters. The first kappa shape index (κ1) is 26.1. The standard InChI is InChI=1S/C21H19F6N3O5/c1-35-3-2-11-7-29(9-21(25,26)27)20(34)16-18(32)17(31)13(8-30(11)16)19(33)28-6-12-14(23)4-10(22)5-15(12)24/h4-5,8,11,32H,2-3,6-7,9H2,1H3,(H,28,33). The zero-order valence-electron chi connectivity index (χ0n) is 18.1. The first-order valence-corrected chi connectivity index (χ1v) is 10.1. The van der Waals surface area contributed by atoms with Crippen LogP contribution < -0.4 is 10.7 Å². The van der Waals surface area contributed by atoms with E-state index in [1.54, 1.807) is 0 Å². The van der Waals surface area contributed by atoms with E-state index in [1.165, 1.54) is 7.11 Å². The number of carbonyl (C=O) groups excluding carboxylic acids is 2. The zero-order chi connectivity index (χ0) is 26.1. The van der Waals surface area contributed by atoms with Crippen molar-refractivity contribution in [2.45, 2.75) is 25.2 Å². The lowest BCUT2D eigenvalue weighted by Gasteiger charge is -2.36. The van der Waals surface area contributed by atoms with Crippen molar-refractivity contribution in [2.75, 3.05) is 26.8 Å². The second kappa shape index (κ2) is 9.98. The molecule has 2 aromatic rings. The Morgan fingerprint density at radius 1 is 1.20 bits per heavy atom. The van der Waals surface area contributed by atoms with Gasteiger partial charge in [0.15, 0.2) is 11.4 Å². The number of nitrogens with one attached hydrogen (secondary N) is 1. The van der Waals surface area contributed by atoms with Gasteiger partial charge in [-0.15, -0.1) is 0 Å². The maximum absolute atomic E-state index is 13.8. The van der Waals surface area contributed by atoms with Gasteiger partial charge in [0.25, 0.3) is 11.8 Å². The molecule has 1 aliphatic heterocycles. The van der Waals surface area contributed by atoms with Gasteiger partial charge in [0.2, 0.25) is 5.43 Å². The minimum absolute atomic E-state index is 0.0374. The SMILES string of the molecule is COCCC1CN(CC(F)(F)F)C(=O)c2c(O)c(=O)c(C(=O)NCc3c(F)cc(F)cc3F)cn21. The van der Waals surface area contributed by atoms with Gasteiger partial charge in [-0.05, 0) is 6.42 Å². The van der Waals surface area contributed by atoms with E-state index in [1.807, 2.05) is 0 Å². The molecule has 14 heteroatoms. The van der Waals surface area contributed by atoms with Crippen LogP contribution in [0.5, 0.6) is 5.75 Å². The second-order valence-corrected chi connectivity index (χ2v) is 7.74. The molecule has 8 nitrogen and oxygen atoms in total. The average molecular weight is 507 g/mol. The number of methoxy groups -OCH3 is 1. The predicted molar refractivity (Wildman–Crippen MR) is 107 cm³/mol. The van der Waals surface area contributed by atoms with Gasteiger partial charge in [-0.1, -0.05) is 0 Å². The Morgan fingerprint density at radius 3 is 2.40 bits per heavy atom. The van der Waals surface area contributed by atoms with Crippen molar-refractivity contribution >= 4 is 11.8 Å². The molecule has 1 unspecified atom stereocenters. The van der Waals surface area contributed by atoms with Crippen molar-refractivity contribution in [2.24, 2.45) is 0 Å². The van der Waals surface area contributed by atoms with E-state index in [0.717, 1.165) is 10.8 Å². The third-order valence-corrected chi connectivity index (χ3v) is 5.33. The van der Waals surface area contributed by atoms with Crippen LogP contribution in [-0.4, -0.2) is 59.4 Å². The minimum atomic E-state index is -4.75. The number of hydrogen-bond acceptors (Lipinski definition) is 5. The van der Waals surface area contributed by atoms with Gasteiger partial charge in [-0.25, -0.2) is 13.2 Å². The van der Waals surface area contributed by atoms with E-state index < -0.39 is 89.1 Å². The Labute approximate surface area is 193 Å². The number of nitrogens with zero attached hydrogens (tertiary/aromatic N) is 2. The largest absolute Gasteiger partial charge is 0.503 e. The maximum atomic E-state index is 13.8. The van der Waals surface area contributed by atoms with Crippen LogP contribution in [0, 0.1) is 17.5 Å². The van der Waals surface area contributed by atoms with E-state index in [2.05, 4.69) is 5.32 Å². The summed E-state index contributed by atoms with van der Waals surface area (Å²) in [6.07, 6.45) is -3.81. The molecule has 1 aromatic heterocycles. The van der Waals surface area contributed by atoms with Crippen LogP contribution >= 0.6 is 0 Å². The lowest BCUT2D eigenvalue weighted by atomic mass is 10.0. The average Bonchev–Trinajstić information content (AvgIpc) is 2.74. The highest BCUT2D eigenvalue weighted by molar-refractivity contribution is 5.99. The number of hydrogen-bond donors (Lipinski definition) is 2. The molecule has 2 N–H and O–H groups in total. The number of benzene rings is 1. The molecular weight excluding hydrogens is 488 g/mol. The molecule has 1 aromatic carbocycles. The number of carbonyl (C=O) groups is 2. The number of halogens is 6. The fourth-order valence-electron chi connectivity index (χ4n) is 3.70. The van der Waals surface area contributed by atoms with Crippen LogP contribution in [-0.2, 0) is 11.3 Å². The highest BCUT2D eigenvalue weighted by Crippen LogP contribution is 2.30. The molecule has 35 heavy (non-hydrogen) atoms. The van der Waals surface area contributed by atoms with Crippen LogP contribution in [0.4, 0.5) is 26.3 Å². The summed E-state index contributed by atoms with van der Waals surface area (Å²) in [6, 6.07) is -0.124. The van der Waals surface area contributed by atoms with E-state index in [0.29, 0.717) is 17.0 Å². The van der Waals surface area contributed by atoms with Crippen LogP contribution in [0.2, 0.25) is 0 Å². The number of amides is 2. The van der Waals surface area contributed by atoms with Crippen LogP contribution in [0.3, 0.4) is 0 Å². The van der Waals surface area contributed by atoms with Gasteiger partial charge in [-0.3, -0.25) is 14.4 Å². The first-order valence-electron chi connectivity index (χ1n) is 10.1. The molecule has 3 rings (SSSR count). The third-order valence-electron chi connectivity index (χ3n) is 5.33. The molecule has 1 aliphatic rings. The molecule has 2 amide bonds. The van der Waals surface area contributed by atoms with Gasteiger partial charge < -0.3 is 24.6 Å². The highest BCUT2D eigenvalue weighted by Gasteiger charge is 2.40. The van der Waals surface area contributed by atoms with Crippen molar-refractivity contribution in [1.29, 1.82) is 0 Å². The van der Waals surface area contributed by atoms with Crippen molar-refractivity contribution in [1.82, 2.24) is 14.8 Å². The topological polar surface area (TPSA) is 101 Å². The summed E-state index contributed by atoms with van der Waals surface area (Å²) in [5, 5.41) is 12.4. The quantitative estimate of drug-likeness (QED) is 0.561. The summed E-state index contributed by atoms with van der Waals surface area (Å²) in [4.78, 5) is 38.3. The fraction of sp³-hybridized carbons (Fsp3) is 0.381. The second-order valence-electron chi connectivity index (χ2n) is 7.74. The molecule has 0 saturated heterocycles. The van der Waals surface area contributed by atoms with E-state index in [-0.39, 0.29) is 13.0 Å². The molecule has 0 radical (unpaired) electrons. The zero-order valence-corrected chi connectivity index (χ0v) is 18.1. The van der Waals surface area contributed by atoms with Gasteiger partial charge in [0, 0.05) is 50.7 Å². The smallest absolute Gasteiger partial charge is 0.406 e. The predicted octanol–water partition coefficient (Wildman–Crippen LogP) is 2.50. The molecule has 0 spiro atoms. The molecule has 0 saturated carbocycles. The Bertz CT molecular complexity index is 1190. The first-order chi connectivity index (χ1) is 16.3. The van der Waals surface area contributed by atoms with Crippen molar-refractivity contribution < 1.29 is 45.8 Å². The van der Waals surface area contributed by atoms with Crippen LogP contribution in [0.15, 0.2) is 23.1 Å². The molecule has 0 fully saturated rings. The monoisotopic (exact) mass is 507 g/mol. The lowest BCUT2D eigenvalue weighted by molar-refractivity contribution is -0.142. The van der Waals surface area contributed by atoms with E-state index >= 15 is 0 Å².